The van der Waals surface area contributed by atoms with Gasteiger partial charge in [0.15, 0.2) is 6.04 Å². The van der Waals surface area contributed by atoms with Crippen molar-refractivity contribution in [3.8, 4) is 0 Å². The summed E-state index contributed by atoms with van der Waals surface area (Å²) in [5.74, 6) is -0.183. The molecule has 1 aliphatic heterocycles. The van der Waals surface area contributed by atoms with Crippen molar-refractivity contribution >= 4 is 22.8 Å². The molecular weight excluding hydrogens is 214 g/mol. The molecule has 1 unspecified atom stereocenters. The highest BCUT2D eigenvalue weighted by molar-refractivity contribution is 8.14. The third-order valence-corrected chi connectivity index (χ3v) is 3.13. The molecule has 1 aromatic rings. The van der Waals surface area contributed by atoms with Crippen LogP contribution < -0.4 is 0 Å². The molecule has 0 aromatic heterocycles. The fourth-order valence-corrected chi connectivity index (χ4v) is 2.33. The van der Waals surface area contributed by atoms with Crippen LogP contribution in [0.3, 0.4) is 0 Å². The summed E-state index contributed by atoms with van der Waals surface area (Å²) in [6.07, 6.45) is 0. The van der Waals surface area contributed by atoms with Gasteiger partial charge in [-0.05, 0) is 0 Å². The topological polar surface area (TPSA) is 58.9 Å². The summed E-state index contributed by atoms with van der Waals surface area (Å²) >= 11 is 1.49. The van der Waals surface area contributed by atoms with Crippen LogP contribution in [0.2, 0.25) is 0 Å². The Hall–Kier alpha value is -1.33. The molecule has 2 rings (SSSR count). The van der Waals surface area contributed by atoms with E-state index in [0.29, 0.717) is 5.75 Å². The molecule has 1 N–H and O–H groups in total. The van der Waals surface area contributed by atoms with Gasteiger partial charge in [0.25, 0.3) is 0 Å². The quantitative estimate of drug-likeness (QED) is 0.610. The number of nitrogens with zero attached hydrogens (tertiary/aromatic N) is 1. The van der Waals surface area contributed by atoms with Crippen molar-refractivity contribution < 1.29 is 14.9 Å². The number of benzene rings is 1. The van der Waals surface area contributed by atoms with Crippen molar-refractivity contribution in [1.29, 1.82) is 0 Å². The summed E-state index contributed by atoms with van der Waals surface area (Å²) in [6, 6.07) is 9.02. The third-order valence-electron chi connectivity index (χ3n) is 2.03. The predicted molar refractivity (Wildman–Crippen MR) is 57.9 cm³/mol. The van der Waals surface area contributed by atoms with Gasteiger partial charge in [0.1, 0.15) is 0 Å². The second-order valence-electron chi connectivity index (χ2n) is 3.04. The number of thioether (sulfide) groups is 1. The van der Waals surface area contributed by atoms with E-state index in [0.717, 1.165) is 10.6 Å². The maximum atomic E-state index is 11.0. The Balaban J connectivity index is 2.17. The van der Waals surface area contributed by atoms with E-state index < -0.39 is 12.0 Å². The van der Waals surface area contributed by atoms with Crippen LogP contribution in [0.4, 0.5) is 0 Å². The van der Waals surface area contributed by atoms with Gasteiger partial charge in [-0.1, -0.05) is 30.3 Å². The molecular formula is C10H9NO3S. The molecule has 5 heteroatoms. The van der Waals surface area contributed by atoms with E-state index in [2.05, 4.69) is 9.88 Å². The van der Waals surface area contributed by atoms with Crippen LogP contribution in [-0.2, 0) is 9.68 Å². The van der Waals surface area contributed by atoms with Crippen molar-refractivity contribution in [2.75, 3.05) is 5.75 Å². The summed E-state index contributed by atoms with van der Waals surface area (Å²) in [6.45, 7) is 0. The Morgan fingerprint density at radius 3 is 2.87 bits per heavy atom. The van der Waals surface area contributed by atoms with E-state index in [1.165, 1.54) is 11.8 Å². The van der Waals surface area contributed by atoms with E-state index in [9.17, 15) is 4.79 Å². The smallest absolute Gasteiger partial charge is 0.299 e. The van der Waals surface area contributed by atoms with Gasteiger partial charge in [-0.3, -0.25) is 9.88 Å². The zero-order valence-corrected chi connectivity index (χ0v) is 8.61. The number of carbonyl (C=O) groups excluding carboxylic acids is 1. The molecule has 0 bridgehead atoms. The van der Waals surface area contributed by atoms with Crippen LogP contribution in [0.1, 0.15) is 5.56 Å². The first kappa shape index (κ1) is 10.2. The van der Waals surface area contributed by atoms with Gasteiger partial charge in [0, 0.05) is 11.3 Å². The highest BCUT2D eigenvalue weighted by Gasteiger charge is 2.27. The van der Waals surface area contributed by atoms with E-state index in [1.54, 1.807) is 0 Å². The molecule has 78 valence electrons. The summed E-state index contributed by atoms with van der Waals surface area (Å²) in [4.78, 5) is 18.8. The lowest BCUT2D eigenvalue weighted by molar-refractivity contribution is -0.235. The standard InChI is InChI=1S/C10H9NO3S/c12-10(14-13)8-6-15-9(11-8)7-4-2-1-3-5-7/h1-5,8,13H,6H2. The maximum absolute atomic E-state index is 11.0. The first-order chi connectivity index (χ1) is 7.31. The van der Waals surface area contributed by atoms with Crippen LogP contribution in [0.15, 0.2) is 35.3 Å². The second-order valence-corrected chi connectivity index (χ2v) is 4.05. The monoisotopic (exact) mass is 223 g/mol. The normalized spacial score (nSPS) is 19.8. The first-order valence-corrected chi connectivity index (χ1v) is 5.41. The van der Waals surface area contributed by atoms with Gasteiger partial charge in [0.2, 0.25) is 0 Å². The molecule has 0 saturated heterocycles. The van der Waals surface area contributed by atoms with Gasteiger partial charge in [-0.15, -0.1) is 11.8 Å². The Labute approximate surface area is 90.9 Å². The van der Waals surface area contributed by atoms with E-state index >= 15 is 0 Å². The molecule has 0 radical (unpaired) electrons. The van der Waals surface area contributed by atoms with Gasteiger partial charge in [-0.2, -0.15) is 5.26 Å². The molecule has 15 heavy (non-hydrogen) atoms. The Morgan fingerprint density at radius 1 is 1.47 bits per heavy atom. The maximum Gasteiger partial charge on any atom is 0.367 e. The zero-order valence-electron chi connectivity index (χ0n) is 7.79. The van der Waals surface area contributed by atoms with Gasteiger partial charge >= 0.3 is 5.97 Å². The highest BCUT2D eigenvalue weighted by atomic mass is 32.2. The lowest BCUT2D eigenvalue weighted by atomic mass is 10.2. The number of carbonyl (C=O) groups is 1. The summed E-state index contributed by atoms with van der Waals surface area (Å²) in [5.41, 5.74) is 0.982. The Bertz CT molecular complexity index is 391. The SMILES string of the molecule is O=C(OO)C1CSC(c2ccccc2)=N1. The molecule has 1 heterocycles. The van der Waals surface area contributed by atoms with Gasteiger partial charge in [-0.25, -0.2) is 4.79 Å². The van der Waals surface area contributed by atoms with Crippen LogP contribution in [0.5, 0.6) is 0 Å². The van der Waals surface area contributed by atoms with Crippen LogP contribution >= 0.6 is 11.8 Å². The van der Waals surface area contributed by atoms with Gasteiger partial charge in [0.05, 0.1) is 5.04 Å². The largest absolute Gasteiger partial charge is 0.367 e. The van der Waals surface area contributed by atoms with E-state index in [-0.39, 0.29) is 0 Å². The first-order valence-electron chi connectivity index (χ1n) is 4.42. The molecule has 0 fully saturated rings. The fourth-order valence-electron chi connectivity index (χ4n) is 1.29. The van der Waals surface area contributed by atoms with Gasteiger partial charge < -0.3 is 0 Å². The zero-order chi connectivity index (χ0) is 10.7. The number of hydrogen-bond acceptors (Lipinski definition) is 5. The minimum Gasteiger partial charge on any atom is -0.299 e. The lowest BCUT2D eigenvalue weighted by Crippen LogP contribution is -2.20. The molecule has 4 nitrogen and oxygen atoms in total. The van der Waals surface area contributed by atoms with E-state index in [1.807, 2.05) is 30.3 Å². The lowest BCUT2D eigenvalue weighted by Gasteiger charge is -1.98. The van der Waals surface area contributed by atoms with Crippen molar-refractivity contribution in [3.05, 3.63) is 35.9 Å². The fraction of sp³-hybridized carbons (Fsp3) is 0.200. The summed E-state index contributed by atoms with van der Waals surface area (Å²) in [7, 11) is 0. The molecule has 1 aromatic carbocycles. The van der Waals surface area contributed by atoms with Crippen LogP contribution in [0, 0.1) is 0 Å². The minimum atomic E-state index is -0.701. The van der Waals surface area contributed by atoms with Crippen molar-refractivity contribution in [2.24, 2.45) is 4.99 Å². The summed E-state index contributed by atoms with van der Waals surface area (Å²) in [5, 5.41) is 9.04. The predicted octanol–water partition coefficient (Wildman–Crippen LogP) is 1.56. The summed E-state index contributed by atoms with van der Waals surface area (Å²) < 4.78 is 0. The molecule has 1 atom stereocenters. The molecule has 1 aliphatic rings. The second kappa shape index (κ2) is 4.46. The van der Waals surface area contributed by atoms with E-state index in [4.69, 9.17) is 5.26 Å². The van der Waals surface area contributed by atoms with Crippen LogP contribution in [0.25, 0.3) is 0 Å². The number of aliphatic imine (C=N–C) groups is 1. The molecule has 0 amide bonds. The van der Waals surface area contributed by atoms with Crippen molar-refractivity contribution in [3.63, 3.8) is 0 Å². The van der Waals surface area contributed by atoms with Crippen molar-refractivity contribution in [1.82, 2.24) is 0 Å². The molecule has 0 aliphatic carbocycles. The minimum absolute atomic E-state index is 0.517. The van der Waals surface area contributed by atoms with Crippen LogP contribution in [-0.4, -0.2) is 28.1 Å². The highest BCUT2D eigenvalue weighted by Crippen LogP contribution is 2.23. The van der Waals surface area contributed by atoms with Crippen molar-refractivity contribution in [2.45, 2.75) is 6.04 Å². The average molecular weight is 223 g/mol. The Morgan fingerprint density at radius 2 is 2.20 bits per heavy atom. The number of hydrogen-bond donors (Lipinski definition) is 1. The molecule has 0 spiro atoms. The third kappa shape index (κ3) is 2.19. The Kier molecular flexibility index (Phi) is 3.03. The average Bonchev–Trinajstić information content (AvgIpc) is 2.78. The number of rotatable bonds is 2. The molecule has 0 saturated carbocycles.